The molecule has 0 amide bonds. The molecule has 0 bridgehead atoms. The summed E-state index contributed by atoms with van der Waals surface area (Å²) in [4.78, 5) is 0. The number of nitrogens with one attached hydrogen (secondary N) is 1. The fourth-order valence-electron chi connectivity index (χ4n) is 4.47. The number of benzene rings is 2. The van der Waals surface area contributed by atoms with Crippen LogP contribution in [0.3, 0.4) is 0 Å². The molecule has 1 aliphatic rings. The number of hydrazine groups is 1. The van der Waals surface area contributed by atoms with E-state index in [0.29, 0.717) is 17.1 Å². The smallest absolute Gasteiger partial charge is 0.194 e. The van der Waals surface area contributed by atoms with Gasteiger partial charge >= 0.3 is 0 Å². The summed E-state index contributed by atoms with van der Waals surface area (Å²) in [5, 5.41) is 40.6. The summed E-state index contributed by atoms with van der Waals surface area (Å²) in [7, 11) is 0. The number of nitrogens with zero attached hydrogens (tertiary/aromatic N) is 7. The van der Waals surface area contributed by atoms with E-state index in [4.69, 9.17) is 16.4 Å². The molecular formula is C23H23F3N10O3. The predicted octanol–water partition coefficient (Wildman–Crippen LogP) is 0.451. The fraction of sp³-hybridized carbons (Fsp3) is 0.261. The highest BCUT2D eigenvalue weighted by atomic mass is 19.2. The van der Waals surface area contributed by atoms with Gasteiger partial charge in [-0.15, -0.1) is 15.3 Å². The summed E-state index contributed by atoms with van der Waals surface area (Å²) in [5.41, 5.74) is 3.64. The highest BCUT2D eigenvalue weighted by molar-refractivity contribution is 5.98. The number of nitrogens with two attached hydrogens (primary N) is 2. The second kappa shape index (κ2) is 10.8. The zero-order valence-corrected chi connectivity index (χ0v) is 20.1. The van der Waals surface area contributed by atoms with Crippen molar-refractivity contribution < 1.29 is 28.1 Å². The number of amidine groups is 1. The molecule has 4 aromatic rings. The van der Waals surface area contributed by atoms with E-state index in [9.17, 15) is 23.4 Å². The summed E-state index contributed by atoms with van der Waals surface area (Å²) in [6.07, 6.45) is -0.0855. The highest BCUT2D eigenvalue weighted by Crippen LogP contribution is 2.38. The van der Waals surface area contributed by atoms with Crippen molar-refractivity contribution in [2.45, 2.75) is 30.8 Å². The third-order valence-corrected chi connectivity index (χ3v) is 6.41. The first-order chi connectivity index (χ1) is 18.8. The van der Waals surface area contributed by atoms with Gasteiger partial charge in [0.25, 0.3) is 0 Å². The number of aromatic nitrogens is 6. The summed E-state index contributed by atoms with van der Waals surface area (Å²) < 4.78 is 49.8. The lowest BCUT2D eigenvalue weighted by molar-refractivity contribution is -0.161. The Morgan fingerprint density at radius 3 is 2.64 bits per heavy atom. The fourth-order valence-corrected chi connectivity index (χ4v) is 4.47. The molecule has 1 aliphatic heterocycles. The van der Waals surface area contributed by atoms with Crippen LogP contribution >= 0.6 is 0 Å². The third kappa shape index (κ3) is 4.92. The van der Waals surface area contributed by atoms with Gasteiger partial charge in [0.2, 0.25) is 0 Å². The van der Waals surface area contributed by atoms with Crippen molar-refractivity contribution in [3.63, 3.8) is 0 Å². The van der Waals surface area contributed by atoms with Crippen LogP contribution < -0.4 is 17.1 Å². The zero-order chi connectivity index (χ0) is 27.7. The number of aliphatic hydroxyl groups excluding tert-OH is 2. The molecule has 39 heavy (non-hydrogen) atoms. The van der Waals surface area contributed by atoms with Crippen molar-refractivity contribution in [2.24, 2.45) is 16.8 Å². The Morgan fingerprint density at radius 1 is 1.18 bits per heavy atom. The highest BCUT2D eigenvalue weighted by Gasteiger charge is 2.41. The Morgan fingerprint density at radius 2 is 1.95 bits per heavy atom. The predicted molar refractivity (Wildman–Crippen MR) is 129 cm³/mol. The molecule has 16 heteroatoms. The Balaban J connectivity index is 1.47. The number of hydrazone groups is 1. The van der Waals surface area contributed by atoms with Crippen LogP contribution in [0.5, 0.6) is 0 Å². The van der Waals surface area contributed by atoms with Gasteiger partial charge in [0.15, 0.2) is 29.1 Å². The average Bonchev–Trinajstić information content (AvgIpc) is 3.63. The maximum atomic E-state index is 13.8. The van der Waals surface area contributed by atoms with Gasteiger partial charge in [0.05, 0.1) is 18.8 Å². The van der Waals surface area contributed by atoms with Crippen molar-refractivity contribution >= 4 is 5.84 Å². The molecule has 13 nitrogen and oxygen atoms in total. The quantitative estimate of drug-likeness (QED) is 0.0750. The second-order valence-corrected chi connectivity index (χ2v) is 8.71. The molecule has 204 valence electrons. The lowest BCUT2D eigenvalue weighted by Crippen LogP contribution is -2.45. The molecule has 4 unspecified atom stereocenters. The van der Waals surface area contributed by atoms with E-state index in [1.807, 2.05) is 0 Å². The molecule has 2 aromatic carbocycles. The van der Waals surface area contributed by atoms with Crippen LogP contribution in [-0.2, 0) is 4.74 Å². The Hall–Kier alpha value is -4.38. The van der Waals surface area contributed by atoms with Crippen LogP contribution in [0.15, 0.2) is 54.0 Å². The van der Waals surface area contributed by atoms with Gasteiger partial charge in [-0.1, -0.05) is 17.3 Å². The van der Waals surface area contributed by atoms with Crippen LogP contribution in [0, 0.1) is 17.5 Å². The minimum Gasteiger partial charge on any atom is -0.394 e. The SMILES string of the molecule is N/N=C(\NN)c1cccc(-n2cnnc2C2CC(n3cc(-c4cc(F)c(F)c(F)c4)nn3)C(O)C(CO)O2)c1. The summed E-state index contributed by atoms with van der Waals surface area (Å²) in [5.74, 6) is 7.12. The number of rotatable bonds is 6. The van der Waals surface area contributed by atoms with Crippen LogP contribution in [0.25, 0.3) is 16.9 Å². The molecule has 2 aromatic heterocycles. The van der Waals surface area contributed by atoms with E-state index in [-0.39, 0.29) is 23.5 Å². The first kappa shape index (κ1) is 26.2. The minimum atomic E-state index is -1.60. The second-order valence-electron chi connectivity index (χ2n) is 8.71. The lowest BCUT2D eigenvalue weighted by atomic mass is 9.95. The van der Waals surface area contributed by atoms with Gasteiger partial charge in [0.1, 0.15) is 30.3 Å². The van der Waals surface area contributed by atoms with E-state index < -0.39 is 48.4 Å². The van der Waals surface area contributed by atoms with E-state index in [2.05, 4.69) is 31.0 Å². The van der Waals surface area contributed by atoms with E-state index in [1.165, 1.54) is 17.2 Å². The summed E-state index contributed by atoms with van der Waals surface area (Å²) >= 11 is 0. The monoisotopic (exact) mass is 544 g/mol. The molecule has 7 N–H and O–H groups in total. The number of hydrogen-bond acceptors (Lipinski definition) is 10. The first-order valence-electron chi connectivity index (χ1n) is 11.6. The van der Waals surface area contributed by atoms with Crippen LogP contribution in [0.2, 0.25) is 0 Å². The molecule has 1 fully saturated rings. The number of aliphatic hydroxyl groups is 2. The van der Waals surface area contributed by atoms with Crippen LogP contribution in [-0.4, -0.2) is 64.6 Å². The van der Waals surface area contributed by atoms with Gasteiger partial charge in [-0.2, -0.15) is 5.10 Å². The third-order valence-electron chi connectivity index (χ3n) is 6.41. The topological polar surface area (TPSA) is 188 Å². The van der Waals surface area contributed by atoms with Gasteiger partial charge in [-0.25, -0.2) is 23.7 Å². The molecule has 3 heterocycles. The van der Waals surface area contributed by atoms with Crippen molar-refractivity contribution in [1.82, 2.24) is 35.2 Å². The van der Waals surface area contributed by atoms with Crippen molar-refractivity contribution in [3.05, 3.63) is 77.8 Å². The molecule has 0 spiro atoms. The lowest BCUT2D eigenvalue weighted by Gasteiger charge is -2.38. The van der Waals surface area contributed by atoms with E-state index >= 15 is 0 Å². The average molecular weight is 544 g/mol. The van der Waals surface area contributed by atoms with Crippen molar-refractivity contribution in [2.75, 3.05) is 6.61 Å². The molecule has 1 saturated heterocycles. The molecule has 0 aliphatic carbocycles. The molecule has 4 atom stereocenters. The molecule has 5 rings (SSSR count). The summed E-state index contributed by atoms with van der Waals surface area (Å²) in [6, 6.07) is 7.82. The van der Waals surface area contributed by atoms with Gasteiger partial charge < -0.3 is 26.2 Å². The first-order valence-corrected chi connectivity index (χ1v) is 11.6. The maximum Gasteiger partial charge on any atom is 0.194 e. The number of halogens is 3. The minimum absolute atomic E-state index is 0.0403. The molecule has 0 radical (unpaired) electrons. The van der Waals surface area contributed by atoms with Crippen LogP contribution in [0.1, 0.15) is 30.0 Å². The van der Waals surface area contributed by atoms with Crippen molar-refractivity contribution in [3.8, 4) is 16.9 Å². The van der Waals surface area contributed by atoms with E-state index in [1.54, 1.807) is 28.8 Å². The van der Waals surface area contributed by atoms with Gasteiger partial charge in [-0.05, 0) is 24.3 Å². The van der Waals surface area contributed by atoms with Gasteiger partial charge in [-0.3, -0.25) is 4.57 Å². The Labute approximate surface area is 218 Å². The van der Waals surface area contributed by atoms with E-state index in [0.717, 1.165) is 12.1 Å². The van der Waals surface area contributed by atoms with Gasteiger partial charge in [0, 0.05) is 23.2 Å². The van der Waals surface area contributed by atoms with Crippen molar-refractivity contribution in [1.29, 1.82) is 0 Å². The largest absolute Gasteiger partial charge is 0.394 e. The standard InChI is InChI=1S/C23H23F3N10O3/c24-14-5-12(6-15(25)20(14)26)16-8-36(34-32-16)17-7-18(39-19(9-37)21(17)38)23-33-29-10-35(23)13-3-1-2-11(4-13)22(30-27)31-28/h1-6,8,10,17-19,21,37-38H,7,9,27-28H2,(H,30,31). The molecule has 0 saturated carbocycles. The Bertz CT molecular complexity index is 1490. The maximum absolute atomic E-state index is 13.8. The number of ether oxygens (including phenoxy) is 1. The molecular weight excluding hydrogens is 521 g/mol. The number of hydrogen-bond donors (Lipinski definition) is 5. The van der Waals surface area contributed by atoms with Crippen LogP contribution in [0.4, 0.5) is 13.2 Å². The Kier molecular flexibility index (Phi) is 7.25. The zero-order valence-electron chi connectivity index (χ0n) is 20.1. The summed E-state index contributed by atoms with van der Waals surface area (Å²) in [6.45, 7) is -0.522. The normalized spacial score (nSPS) is 21.7.